The van der Waals surface area contributed by atoms with Crippen molar-refractivity contribution in [3.63, 3.8) is 0 Å². The molecule has 1 saturated carbocycles. The third-order valence-electron chi connectivity index (χ3n) is 5.62. The summed E-state index contributed by atoms with van der Waals surface area (Å²) in [4.78, 5) is 18.2. The van der Waals surface area contributed by atoms with Crippen LogP contribution in [0.15, 0.2) is 78.9 Å². The molecule has 3 aromatic carbocycles. The molecule has 0 aliphatic heterocycles. The quantitative estimate of drug-likeness (QED) is 0.384. The molecule has 140 valence electrons. The van der Waals surface area contributed by atoms with Crippen LogP contribution in [0.1, 0.15) is 26.8 Å². The minimum absolute atomic E-state index is 0.0451. The molecule has 0 N–H and O–H groups in total. The number of ketones is 1. The fourth-order valence-corrected chi connectivity index (χ4v) is 5.62. The number of halogens is 1. The van der Waals surface area contributed by atoms with E-state index in [1.807, 2.05) is 60.7 Å². The van der Waals surface area contributed by atoms with Gasteiger partial charge in [-0.05, 0) is 23.8 Å². The van der Waals surface area contributed by atoms with Gasteiger partial charge in [0.1, 0.15) is 10.4 Å². The number of carbonyl (C=O) groups excluding carboxylic acids is 1. The lowest BCUT2D eigenvalue weighted by atomic mass is 9.99. The fraction of sp³-hybridized carbons (Fsp3) is 0.125. The maximum Gasteiger partial charge on any atom is 0.168 e. The first-order valence-corrected chi connectivity index (χ1v) is 10.5. The van der Waals surface area contributed by atoms with E-state index < -0.39 is 11.3 Å². The first-order valence-electron chi connectivity index (χ1n) is 9.28. The molecule has 0 unspecified atom stereocenters. The van der Waals surface area contributed by atoms with Gasteiger partial charge in [0.2, 0.25) is 0 Å². The number of fused-ring (bicyclic) bond motifs is 1. The molecule has 0 radical (unpaired) electrons. The van der Waals surface area contributed by atoms with Gasteiger partial charge in [-0.1, -0.05) is 72.3 Å². The van der Waals surface area contributed by atoms with Crippen molar-refractivity contribution >= 4 is 38.9 Å². The summed E-state index contributed by atoms with van der Waals surface area (Å²) in [6, 6.07) is 26.9. The molecule has 0 amide bonds. The van der Waals surface area contributed by atoms with Gasteiger partial charge in [0.25, 0.3) is 0 Å². The van der Waals surface area contributed by atoms with Crippen molar-refractivity contribution in [1.29, 1.82) is 5.26 Å². The van der Waals surface area contributed by atoms with Crippen LogP contribution < -0.4 is 0 Å². The van der Waals surface area contributed by atoms with Gasteiger partial charge in [0.15, 0.2) is 5.78 Å². The lowest BCUT2D eigenvalue weighted by Gasteiger charge is -2.06. The maximum atomic E-state index is 13.4. The van der Waals surface area contributed by atoms with Crippen LogP contribution in [0.4, 0.5) is 0 Å². The first-order chi connectivity index (χ1) is 14.2. The van der Waals surface area contributed by atoms with Crippen molar-refractivity contribution < 1.29 is 4.79 Å². The molecule has 3 nitrogen and oxygen atoms in total. The summed E-state index contributed by atoms with van der Waals surface area (Å²) in [5.41, 5.74) is 1.26. The van der Waals surface area contributed by atoms with E-state index in [0.29, 0.717) is 15.6 Å². The highest BCUT2D eigenvalue weighted by Crippen LogP contribution is 2.68. The molecule has 3 atom stereocenters. The Morgan fingerprint density at radius 3 is 2.41 bits per heavy atom. The summed E-state index contributed by atoms with van der Waals surface area (Å²) in [6.07, 6.45) is 0. The first kappa shape index (κ1) is 18.1. The van der Waals surface area contributed by atoms with Gasteiger partial charge in [-0.25, -0.2) is 4.98 Å². The molecule has 1 aromatic heterocycles. The summed E-state index contributed by atoms with van der Waals surface area (Å²) >= 11 is 7.97. The number of Topliss-reactive ketones (excluding diaryl/α,β-unsaturated/α-hetero) is 1. The smallest absolute Gasteiger partial charge is 0.168 e. The lowest BCUT2D eigenvalue weighted by molar-refractivity contribution is 0.0959. The zero-order valence-corrected chi connectivity index (χ0v) is 16.8. The number of nitriles is 1. The molecule has 29 heavy (non-hydrogen) atoms. The van der Waals surface area contributed by atoms with E-state index in [2.05, 4.69) is 6.07 Å². The Morgan fingerprint density at radius 2 is 1.69 bits per heavy atom. The van der Waals surface area contributed by atoms with Crippen LogP contribution >= 0.6 is 22.9 Å². The number of hydrogen-bond acceptors (Lipinski definition) is 4. The molecule has 1 heterocycles. The van der Waals surface area contributed by atoms with Crippen LogP contribution in [0.5, 0.6) is 0 Å². The second-order valence-corrected chi connectivity index (χ2v) is 8.61. The SMILES string of the molecule is N#C[C@@]1(c2nc3ccccc3s2)[C@H](C(=O)c2ccccc2)[C@H]1c1ccccc1Cl. The number of benzene rings is 3. The van der Waals surface area contributed by atoms with Gasteiger partial charge >= 0.3 is 0 Å². The van der Waals surface area contributed by atoms with Crippen molar-refractivity contribution in [3.05, 3.63) is 100 Å². The molecule has 0 saturated heterocycles. The van der Waals surface area contributed by atoms with Gasteiger partial charge in [0, 0.05) is 16.5 Å². The normalized spacial score (nSPS) is 22.9. The van der Waals surface area contributed by atoms with E-state index in [1.54, 1.807) is 18.2 Å². The predicted octanol–water partition coefficient (Wildman–Crippen LogP) is 6.01. The average molecular weight is 415 g/mol. The highest BCUT2D eigenvalue weighted by atomic mass is 35.5. The summed E-state index contributed by atoms with van der Waals surface area (Å²) in [5, 5.41) is 11.6. The van der Waals surface area contributed by atoms with Gasteiger partial charge in [-0.15, -0.1) is 11.3 Å². The molecule has 0 bridgehead atoms. The Balaban J connectivity index is 1.69. The van der Waals surface area contributed by atoms with Crippen LogP contribution in [0, 0.1) is 17.2 Å². The predicted molar refractivity (Wildman–Crippen MR) is 115 cm³/mol. The molecular weight excluding hydrogens is 400 g/mol. The van der Waals surface area contributed by atoms with Crippen LogP contribution in [-0.2, 0) is 5.41 Å². The van der Waals surface area contributed by atoms with E-state index in [0.717, 1.165) is 15.8 Å². The molecule has 0 spiro atoms. The second kappa shape index (κ2) is 6.81. The zero-order valence-electron chi connectivity index (χ0n) is 15.2. The van der Waals surface area contributed by atoms with Gasteiger partial charge in [-0.2, -0.15) is 5.26 Å². The topological polar surface area (TPSA) is 53.8 Å². The number of carbonyl (C=O) groups is 1. The van der Waals surface area contributed by atoms with Crippen molar-refractivity contribution in [1.82, 2.24) is 4.98 Å². The van der Waals surface area contributed by atoms with Crippen molar-refractivity contribution in [3.8, 4) is 6.07 Å². The Hall–Kier alpha value is -3.00. The van der Waals surface area contributed by atoms with Crippen LogP contribution in [0.2, 0.25) is 5.02 Å². The Labute approximate surface area is 177 Å². The average Bonchev–Trinajstić information content (AvgIpc) is 3.24. The summed E-state index contributed by atoms with van der Waals surface area (Å²) < 4.78 is 1.01. The Morgan fingerprint density at radius 1 is 1.00 bits per heavy atom. The zero-order chi connectivity index (χ0) is 20.0. The van der Waals surface area contributed by atoms with E-state index in [1.165, 1.54) is 11.3 Å². The molecule has 4 aromatic rings. The number of hydrogen-bond donors (Lipinski definition) is 0. The third-order valence-corrected chi connectivity index (χ3v) is 7.15. The molecule has 5 heteroatoms. The van der Waals surface area contributed by atoms with Gasteiger partial charge in [-0.3, -0.25) is 4.79 Å². The van der Waals surface area contributed by atoms with Crippen LogP contribution in [0.3, 0.4) is 0 Å². The van der Waals surface area contributed by atoms with E-state index in [4.69, 9.17) is 16.6 Å². The number of rotatable bonds is 4. The van der Waals surface area contributed by atoms with E-state index in [-0.39, 0.29) is 11.7 Å². The second-order valence-electron chi connectivity index (χ2n) is 7.17. The Bertz CT molecular complexity index is 1240. The third kappa shape index (κ3) is 2.70. The molecule has 1 fully saturated rings. The van der Waals surface area contributed by atoms with Gasteiger partial charge in [0.05, 0.1) is 22.2 Å². The number of aromatic nitrogens is 1. The Kier molecular flexibility index (Phi) is 4.24. The molecule has 1 aliphatic rings. The maximum absolute atomic E-state index is 13.4. The molecule has 1 aliphatic carbocycles. The van der Waals surface area contributed by atoms with E-state index in [9.17, 15) is 10.1 Å². The number of para-hydroxylation sites is 1. The minimum Gasteiger partial charge on any atom is -0.294 e. The lowest BCUT2D eigenvalue weighted by Crippen LogP contribution is -2.13. The monoisotopic (exact) mass is 414 g/mol. The summed E-state index contributed by atoms with van der Waals surface area (Å²) in [6.45, 7) is 0. The van der Waals surface area contributed by atoms with Crippen molar-refractivity contribution in [2.75, 3.05) is 0 Å². The van der Waals surface area contributed by atoms with E-state index >= 15 is 0 Å². The number of nitrogens with zero attached hydrogens (tertiary/aromatic N) is 2. The molecule has 5 rings (SSSR count). The fourth-order valence-electron chi connectivity index (χ4n) is 4.18. The highest BCUT2D eigenvalue weighted by Gasteiger charge is 2.72. The molecular formula is C24H15ClN2OS. The minimum atomic E-state index is -1.01. The van der Waals surface area contributed by atoms with Crippen molar-refractivity contribution in [2.45, 2.75) is 11.3 Å². The highest BCUT2D eigenvalue weighted by molar-refractivity contribution is 7.18. The largest absolute Gasteiger partial charge is 0.294 e. The van der Waals surface area contributed by atoms with Crippen LogP contribution in [0.25, 0.3) is 10.2 Å². The van der Waals surface area contributed by atoms with Crippen molar-refractivity contribution in [2.24, 2.45) is 5.92 Å². The summed E-state index contributed by atoms with van der Waals surface area (Å²) in [7, 11) is 0. The summed E-state index contributed by atoms with van der Waals surface area (Å²) in [5.74, 6) is -0.888. The standard InChI is InChI=1S/C24H15ClN2OS/c25-17-11-5-4-10-16(17)20-21(22(28)15-8-2-1-3-9-15)24(20,14-26)23-27-18-12-6-7-13-19(18)29-23/h1-13,20-21H/t20-,21+,24+/m1/s1. The van der Waals surface area contributed by atoms with Crippen LogP contribution in [-0.4, -0.2) is 10.8 Å². The van der Waals surface area contributed by atoms with Gasteiger partial charge < -0.3 is 0 Å². The number of thiazole rings is 1.